The van der Waals surface area contributed by atoms with Gasteiger partial charge < -0.3 is 24.6 Å². The van der Waals surface area contributed by atoms with Crippen LogP contribution in [-0.4, -0.2) is 102 Å². The molecule has 2 aromatic rings. The van der Waals surface area contributed by atoms with Crippen molar-refractivity contribution in [2.75, 3.05) is 27.2 Å². The Bertz CT molecular complexity index is 1260. The van der Waals surface area contributed by atoms with Crippen LogP contribution in [0.3, 0.4) is 0 Å². The summed E-state index contributed by atoms with van der Waals surface area (Å²) in [4.78, 5) is 61.0. The quantitative estimate of drug-likeness (QED) is 0.402. The summed E-state index contributed by atoms with van der Waals surface area (Å²) in [5, 5.41) is 13.1. The maximum Gasteiger partial charge on any atom is 0.602 e. The fourth-order valence-corrected chi connectivity index (χ4v) is 5.52. The van der Waals surface area contributed by atoms with Crippen molar-refractivity contribution < 1.29 is 33.6 Å². The Morgan fingerprint density at radius 3 is 2.19 bits per heavy atom. The Morgan fingerprint density at radius 1 is 1.00 bits per heavy atom. The molecule has 3 heterocycles. The molecule has 12 heteroatoms. The first kappa shape index (κ1) is 31.3. The van der Waals surface area contributed by atoms with Crippen LogP contribution in [0.5, 0.6) is 0 Å². The second-order valence-corrected chi connectivity index (χ2v) is 11.7. The number of piperazine rings is 1. The lowest BCUT2D eigenvalue weighted by Gasteiger charge is -2.43. The molecule has 0 saturated carbocycles. The molecule has 0 unspecified atom stereocenters. The minimum atomic E-state index is -1.27. The number of amides is 1. The first-order chi connectivity index (χ1) is 19.9. The van der Waals surface area contributed by atoms with Crippen LogP contribution in [-0.2, 0) is 23.7 Å². The van der Waals surface area contributed by atoms with Gasteiger partial charge in [0.15, 0.2) is 5.78 Å². The Hall–Kier alpha value is -3.61. The van der Waals surface area contributed by atoms with E-state index in [1.54, 1.807) is 24.1 Å². The van der Waals surface area contributed by atoms with Gasteiger partial charge in [-0.15, -0.1) is 0 Å². The van der Waals surface area contributed by atoms with Gasteiger partial charge >= 0.3 is 19.1 Å². The summed E-state index contributed by atoms with van der Waals surface area (Å²) in [5.41, 5.74) is 1.52. The molecule has 4 rings (SSSR count). The van der Waals surface area contributed by atoms with Crippen molar-refractivity contribution in [2.45, 2.75) is 63.7 Å². The van der Waals surface area contributed by atoms with E-state index in [1.807, 2.05) is 56.1 Å². The van der Waals surface area contributed by atoms with Gasteiger partial charge in [0, 0.05) is 30.9 Å². The van der Waals surface area contributed by atoms with Crippen molar-refractivity contribution in [1.29, 1.82) is 0 Å². The number of nitrogens with one attached hydrogen (secondary N) is 1. The Morgan fingerprint density at radius 2 is 1.62 bits per heavy atom. The minimum absolute atomic E-state index is 0.0727. The van der Waals surface area contributed by atoms with Crippen molar-refractivity contribution in [3.05, 3.63) is 54.2 Å². The molecule has 0 radical (unpaired) electrons. The number of ketones is 1. The van der Waals surface area contributed by atoms with E-state index >= 15 is 0 Å². The van der Waals surface area contributed by atoms with Crippen LogP contribution in [0.4, 0.5) is 0 Å². The summed E-state index contributed by atoms with van der Waals surface area (Å²) in [6.45, 7) is 6.10. The van der Waals surface area contributed by atoms with E-state index in [-0.39, 0.29) is 18.0 Å². The summed E-state index contributed by atoms with van der Waals surface area (Å²) in [6.07, 6.45) is -1.00. The molecule has 2 saturated heterocycles. The number of rotatable bonds is 10. The van der Waals surface area contributed by atoms with E-state index in [0.29, 0.717) is 25.2 Å². The van der Waals surface area contributed by atoms with Crippen LogP contribution in [0.15, 0.2) is 48.5 Å². The zero-order valence-corrected chi connectivity index (χ0v) is 24.7. The standard InChI is InChI=1S/C30H39BN4O7/c1-18(2)14-21(31-41-29(39)24-16-34(4)17-25(35(24)5)30(40)42-31)15-26(37)27(19(3)36)33-28(38)23-13-9-12-22(32-23)20-10-7-6-8-11-20/h6-13,18-19,21,24-25,27,36H,14-17H2,1-5H3,(H,33,38)/t19-,21-,24-,25+,27+/m1/s1. The topological polar surface area (TPSA) is 138 Å². The molecule has 2 aliphatic rings. The molecule has 5 atom stereocenters. The van der Waals surface area contributed by atoms with Crippen molar-refractivity contribution in [3.8, 4) is 11.3 Å². The van der Waals surface area contributed by atoms with Gasteiger partial charge in [-0.05, 0) is 45.5 Å². The number of carbonyl (C=O) groups is 4. The van der Waals surface area contributed by atoms with Crippen LogP contribution < -0.4 is 5.32 Å². The number of hydrogen-bond donors (Lipinski definition) is 2. The summed E-state index contributed by atoms with van der Waals surface area (Å²) in [6, 6.07) is 11.8. The zero-order valence-electron chi connectivity index (χ0n) is 24.7. The molecule has 224 valence electrons. The molecule has 2 aliphatic heterocycles. The number of likely N-dealkylation sites (N-methyl/N-ethyl adjacent to an activating group) is 2. The Kier molecular flexibility index (Phi) is 10.1. The fourth-order valence-electron chi connectivity index (χ4n) is 5.52. The SMILES string of the molecule is CC(C)C[C@H](CC(=O)[C@@H](NC(=O)c1cccc(-c2ccccc2)n1)[C@@H](C)O)B1OC(=O)[C@H]2CN(C)C[C@@H](C(=O)O1)N2C. The van der Waals surface area contributed by atoms with Gasteiger partial charge in [-0.2, -0.15) is 0 Å². The van der Waals surface area contributed by atoms with E-state index in [4.69, 9.17) is 9.31 Å². The van der Waals surface area contributed by atoms with Crippen LogP contribution in [0.2, 0.25) is 5.82 Å². The van der Waals surface area contributed by atoms with E-state index in [0.717, 1.165) is 5.56 Å². The highest BCUT2D eigenvalue weighted by atomic mass is 16.6. The van der Waals surface area contributed by atoms with Crippen molar-refractivity contribution in [3.63, 3.8) is 0 Å². The van der Waals surface area contributed by atoms with Crippen LogP contribution in [0.25, 0.3) is 11.3 Å². The normalized spacial score (nSPS) is 21.9. The molecule has 0 aliphatic carbocycles. The first-order valence-corrected chi connectivity index (χ1v) is 14.3. The van der Waals surface area contributed by atoms with Gasteiger partial charge in [0.2, 0.25) is 0 Å². The number of nitrogens with zero attached hydrogens (tertiary/aromatic N) is 3. The molecular weight excluding hydrogens is 539 g/mol. The fraction of sp³-hybridized carbons (Fsp3) is 0.500. The average molecular weight is 578 g/mol. The Labute approximate surface area is 246 Å². The molecular formula is C30H39BN4O7. The highest BCUT2D eigenvalue weighted by Crippen LogP contribution is 2.30. The average Bonchev–Trinajstić information content (AvgIpc) is 2.95. The van der Waals surface area contributed by atoms with E-state index < -0.39 is 60.8 Å². The number of fused-ring (bicyclic) bond motifs is 2. The maximum absolute atomic E-state index is 13.6. The number of hydrogen-bond acceptors (Lipinski definition) is 10. The number of Topliss-reactive ketones (excluding diaryl/α,β-unsaturated/α-hetero) is 1. The predicted molar refractivity (Wildman–Crippen MR) is 156 cm³/mol. The molecule has 1 aromatic heterocycles. The summed E-state index contributed by atoms with van der Waals surface area (Å²) in [7, 11) is 2.25. The largest absolute Gasteiger partial charge is 0.602 e. The number of aromatic nitrogens is 1. The smallest absolute Gasteiger partial charge is 0.498 e. The van der Waals surface area contributed by atoms with Crippen LogP contribution in [0, 0.1) is 5.92 Å². The van der Waals surface area contributed by atoms with E-state index in [1.165, 1.54) is 13.0 Å². The molecule has 1 aromatic carbocycles. The van der Waals surface area contributed by atoms with Gasteiger partial charge in [-0.25, -0.2) is 4.98 Å². The number of pyridine rings is 1. The summed E-state index contributed by atoms with van der Waals surface area (Å²) in [5.74, 6) is -2.76. The number of aliphatic hydroxyl groups excluding tert-OH is 1. The zero-order chi connectivity index (χ0) is 30.6. The third-order valence-electron chi connectivity index (χ3n) is 7.75. The highest BCUT2D eigenvalue weighted by molar-refractivity contribution is 6.51. The summed E-state index contributed by atoms with van der Waals surface area (Å²) < 4.78 is 11.4. The van der Waals surface area contributed by atoms with Gasteiger partial charge in [0.1, 0.15) is 23.8 Å². The number of aliphatic hydroxyl groups is 1. The van der Waals surface area contributed by atoms with E-state index in [2.05, 4.69) is 10.3 Å². The molecule has 0 spiro atoms. The van der Waals surface area contributed by atoms with Gasteiger partial charge in [0.25, 0.3) is 5.91 Å². The maximum atomic E-state index is 13.6. The highest BCUT2D eigenvalue weighted by Gasteiger charge is 2.49. The molecule has 2 fully saturated rings. The monoisotopic (exact) mass is 578 g/mol. The van der Waals surface area contributed by atoms with Crippen molar-refractivity contribution >= 4 is 30.7 Å². The van der Waals surface area contributed by atoms with Crippen LogP contribution in [0.1, 0.15) is 44.1 Å². The van der Waals surface area contributed by atoms with Gasteiger partial charge in [-0.3, -0.25) is 24.1 Å². The minimum Gasteiger partial charge on any atom is -0.498 e. The van der Waals surface area contributed by atoms with Gasteiger partial charge in [-0.1, -0.05) is 50.2 Å². The second kappa shape index (κ2) is 13.6. The second-order valence-electron chi connectivity index (χ2n) is 11.7. The summed E-state index contributed by atoms with van der Waals surface area (Å²) >= 11 is 0. The molecule has 1 amide bonds. The molecule has 2 bridgehead atoms. The Balaban J connectivity index is 1.51. The number of carbonyl (C=O) groups excluding carboxylic acids is 4. The molecule has 42 heavy (non-hydrogen) atoms. The molecule has 11 nitrogen and oxygen atoms in total. The lowest BCUT2D eigenvalue weighted by atomic mass is 9.64. The predicted octanol–water partition coefficient (Wildman–Crippen LogP) is 1.81. The third-order valence-corrected chi connectivity index (χ3v) is 7.75. The van der Waals surface area contributed by atoms with Crippen molar-refractivity contribution in [1.82, 2.24) is 20.1 Å². The lowest BCUT2D eigenvalue weighted by molar-refractivity contribution is -0.159. The lowest BCUT2D eigenvalue weighted by Crippen LogP contribution is -2.64. The van der Waals surface area contributed by atoms with Crippen molar-refractivity contribution in [2.24, 2.45) is 5.92 Å². The first-order valence-electron chi connectivity index (χ1n) is 14.3. The van der Waals surface area contributed by atoms with Gasteiger partial charge in [0.05, 0.1) is 11.8 Å². The number of benzene rings is 1. The van der Waals surface area contributed by atoms with Crippen LogP contribution >= 0.6 is 0 Å². The van der Waals surface area contributed by atoms with E-state index in [9.17, 15) is 24.3 Å². The molecule has 2 N–H and O–H groups in total. The third kappa shape index (κ3) is 7.42.